The molecule has 10 atom stereocenters. The number of carbonyl (C=O) groups is 1. The van der Waals surface area contributed by atoms with Crippen LogP contribution in [0.3, 0.4) is 0 Å². The topological polar surface area (TPSA) is 152 Å². The first-order chi connectivity index (χ1) is 27.2. The third-order valence-electron chi connectivity index (χ3n) is 13.9. The highest BCUT2D eigenvalue weighted by Gasteiger charge is 2.63. The quantitative estimate of drug-likeness (QED) is 0.0666. The first kappa shape index (κ1) is 40.1. The van der Waals surface area contributed by atoms with Crippen molar-refractivity contribution in [3.8, 4) is 34.8 Å². The third-order valence-corrected chi connectivity index (χ3v) is 13.9. The molecule has 300 valence electrons. The van der Waals surface area contributed by atoms with Crippen molar-refractivity contribution >= 4 is 5.78 Å². The van der Waals surface area contributed by atoms with Crippen molar-refractivity contribution < 1.29 is 35.1 Å². The number of carbonyl (C=O) groups excluding carboxylic acids is 1. The summed E-state index contributed by atoms with van der Waals surface area (Å²) in [7, 11) is 3.43. The van der Waals surface area contributed by atoms with Gasteiger partial charge in [0.25, 0.3) is 0 Å². The number of phenols is 3. The van der Waals surface area contributed by atoms with E-state index in [9.17, 15) is 25.5 Å². The van der Waals surface area contributed by atoms with Crippen LogP contribution in [-0.2, 0) is 23.2 Å². The molecule has 1 heterocycles. The molecule has 1 saturated heterocycles. The molecule has 0 unspecified atom stereocenters. The summed E-state index contributed by atoms with van der Waals surface area (Å²) in [4.78, 5) is 15.3. The van der Waals surface area contributed by atoms with Gasteiger partial charge in [0, 0.05) is 60.6 Å². The number of benzene rings is 3. The van der Waals surface area contributed by atoms with Gasteiger partial charge < -0.3 is 40.9 Å². The van der Waals surface area contributed by atoms with Gasteiger partial charge in [-0.3, -0.25) is 4.79 Å². The van der Waals surface area contributed by atoms with Crippen molar-refractivity contribution in [2.24, 2.45) is 29.6 Å². The van der Waals surface area contributed by atoms with Crippen molar-refractivity contribution in [2.75, 3.05) is 27.2 Å². The predicted molar refractivity (Wildman–Crippen MR) is 217 cm³/mol. The van der Waals surface area contributed by atoms with Gasteiger partial charge in [0.15, 0.2) is 23.0 Å². The number of Topliss-reactive ketones (excluding diaryl/α,β-unsaturated/α-hetero) is 1. The van der Waals surface area contributed by atoms with Crippen LogP contribution in [-0.4, -0.2) is 70.7 Å². The number of ketones is 1. The van der Waals surface area contributed by atoms with E-state index < -0.39 is 29.3 Å². The largest absolute Gasteiger partial charge is 0.504 e. The fourth-order valence-electron chi connectivity index (χ4n) is 11.5. The minimum atomic E-state index is -1.01. The second kappa shape index (κ2) is 17.2. The molecule has 1 spiro atoms. The van der Waals surface area contributed by atoms with Crippen molar-refractivity contribution in [2.45, 2.75) is 107 Å². The SMILES string of the molecule is CCCCC[C@@H]1C(=O)C[C@@H](c2cc(OC)c(O)cc2CO)[C@H](Cc2ccccc2)C#C[C@@H]2CN[C@@H]3CCC[C@@H]4C[C@@H](CNC)c5cc(O)c(O)cc5[C@@]43[C@H]2[C@H]1O. The molecule has 3 aromatic carbocycles. The van der Waals surface area contributed by atoms with Crippen LogP contribution >= 0.6 is 0 Å². The molecule has 56 heavy (non-hydrogen) atoms. The van der Waals surface area contributed by atoms with Crippen LogP contribution in [0.4, 0.5) is 0 Å². The molecule has 9 heteroatoms. The van der Waals surface area contributed by atoms with Gasteiger partial charge in [0.1, 0.15) is 5.78 Å². The molecule has 4 aliphatic rings. The summed E-state index contributed by atoms with van der Waals surface area (Å²) >= 11 is 0. The lowest BCUT2D eigenvalue weighted by Crippen LogP contribution is -2.70. The van der Waals surface area contributed by atoms with Crippen LogP contribution in [0.25, 0.3) is 0 Å². The molecule has 0 bridgehead atoms. The van der Waals surface area contributed by atoms with E-state index in [1.807, 2.05) is 25.2 Å². The van der Waals surface area contributed by atoms with Crippen molar-refractivity contribution in [3.05, 3.63) is 82.4 Å². The Bertz CT molecular complexity index is 1920. The number of aliphatic hydroxyl groups excluding tert-OH is 2. The van der Waals surface area contributed by atoms with Crippen LogP contribution < -0.4 is 15.4 Å². The molecular formula is C47H60N2O7. The fraction of sp³-hybridized carbons (Fsp3) is 0.553. The van der Waals surface area contributed by atoms with E-state index in [1.54, 1.807) is 18.2 Å². The van der Waals surface area contributed by atoms with Crippen LogP contribution in [0.1, 0.15) is 104 Å². The molecule has 3 aromatic rings. The monoisotopic (exact) mass is 764 g/mol. The average molecular weight is 765 g/mol. The Morgan fingerprint density at radius 3 is 2.50 bits per heavy atom. The third kappa shape index (κ3) is 7.30. The number of unbranched alkanes of at least 4 members (excludes halogenated alkanes) is 2. The summed E-state index contributed by atoms with van der Waals surface area (Å²) in [6.07, 6.45) is 6.67. The molecule has 7 N–H and O–H groups in total. The smallest absolute Gasteiger partial charge is 0.160 e. The predicted octanol–water partition coefficient (Wildman–Crippen LogP) is 6.43. The highest BCUT2D eigenvalue weighted by molar-refractivity contribution is 5.83. The molecule has 1 saturated carbocycles. The minimum Gasteiger partial charge on any atom is -0.504 e. The second-order valence-corrected chi connectivity index (χ2v) is 16.9. The summed E-state index contributed by atoms with van der Waals surface area (Å²) in [6, 6.07) is 16.9. The Kier molecular flexibility index (Phi) is 12.3. The van der Waals surface area contributed by atoms with Crippen molar-refractivity contribution in [3.63, 3.8) is 0 Å². The van der Waals surface area contributed by atoms with Crippen LogP contribution in [0, 0.1) is 41.4 Å². The summed E-state index contributed by atoms with van der Waals surface area (Å²) in [5, 5.41) is 63.9. The van der Waals surface area contributed by atoms with E-state index in [1.165, 1.54) is 13.2 Å². The molecule has 0 amide bonds. The number of rotatable bonds is 11. The zero-order valence-corrected chi connectivity index (χ0v) is 33.1. The summed E-state index contributed by atoms with van der Waals surface area (Å²) < 4.78 is 5.56. The number of aliphatic hydroxyl groups is 2. The van der Waals surface area contributed by atoms with Gasteiger partial charge in [-0.05, 0) is 103 Å². The lowest BCUT2D eigenvalue weighted by atomic mass is 9.44. The van der Waals surface area contributed by atoms with Gasteiger partial charge in [-0.25, -0.2) is 0 Å². The van der Waals surface area contributed by atoms with Crippen molar-refractivity contribution in [1.29, 1.82) is 0 Å². The maximum absolute atomic E-state index is 15.3. The van der Waals surface area contributed by atoms with Gasteiger partial charge in [0.05, 0.1) is 19.8 Å². The van der Waals surface area contributed by atoms with Gasteiger partial charge in [0.2, 0.25) is 0 Å². The van der Waals surface area contributed by atoms with E-state index in [0.717, 1.165) is 68.2 Å². The van der Waals surface area contributed by atoms with Crippen LogP contribution in [0.2, 0.25) is 0 Å². The second-order valence-electron chi connectivity index (χ2n) is 16.9. The van der Waals surface area contributed by atoms with Gasteiger partial charge in [-0.1, -0.05) is 74.8 Å². The van der Waals surface area contributed by atoms with Crippen LogP contribution in [0.15, 0.2) is 54.6 Å². The normalized spacial score (nSPS) is 31.2. The molecular weight excluding hydrogens is 705 g/mol. The maximum Gasteiger partial charge on any atom is 0.160 e. The highest BCUT2D eigenvalue weighted by atomic mass is 16.5. The van der Waals surface area contributed by atoms with Gasteiger partial charge >= 0.3 is 0 Å². The zero-order chi connectivity index (χ0) is 39.6. The number of fused-ring (bicyclic) bond motifs is 2. The summed E-state index contributed by atoms with van der Waals surface area (Å²) in [5.74, 6) is 5.43. The van der Waals surface area contributed by atoms with E-state index in [2.05, 4.69) is 41.5 Å². The lowest BCUT2D eigenvalue weighted by Gasteiger charge is -2.63. The van der Waals surface area contributed by atoms with Gasteiger partial charge in [-0.2, -0.15) is 0 Å². The Morgan fingerprint density at radius 2 is 1.77 bits per heavy atom. The fourth-order valence-corrected chi connectivity index (χ4v) is 11.5. The Hall–Kier alpha value is -4.07. The summed E-state index contributed by atoms with van der Waals surface area (Å²) in [6.45, 7) is 3.08. The first-order valence-electron chi connectivity index (χ1n) is 20.9. The summed E-state index contributed by atoms with van der Waals surface area (Å²) in [5.41, 5.74) is 3.63. The van der Waals surface area contributed by atoms with E-state index >= 15 is 4.79 Å². The number of methoxy groups -OCH3 is 1. The van der Waals surface area contributed by atoms with Crippen molar-refractivity contribution in [1.82, 2.24) is 10.6 Å². The molecule has 9 nitrogen and oxygen atoms in total. The van der Waals surface area contributed by atoms with Gasteiger partial charge in [-0.15, -0.1) is 0 Å². The number of likely N-dealkylation sites (N-methyl/N-ethyl adjacent to an activating group) is 1. The number of phenolic OH excluding ortho intramolecular Hbond substituents is 3. The molecule has 7 rings (SSSR count). The number of aromatic hydroxyl groups is 3. The lowest BCUT2D eigenvalue weighted by molar-refractivity contribution is -0.135. The molecule has 2 fully saturated rings. The first-order valence-corrected chi connectivity index (χ1v) is 20.9. The number of hydrogen-bond acceptors (Lipinski definition) is 9. The standard InChI is InChI=1S/C47H60N2O7/c1-4-5-7-14-34-39(51)21-35(36-23-43(56-3)42(54)20-32(36)27-50)29(18-28-11-8-6-9-12-28)16-17-30-26-49-44-15-10-13-33-19-31(25-48-2)37-22-40(52)41(53)24-38(37)47(33,44)45(30)46(34)55/h6,8-9,11-12,20,22-24,29-31,33-35,44-46,48-50,52-55H,4-5,7,10,13-15,18-19,21,25-27H2,1-3H3/t29-,30+,31-,33+,34+,35+,44+,45+,46-,47-/m0/s1. The number of ether oxygens (including phenoxy) is 1. The Morgan fingerprint density at radius 1 is 0.982 bits per heavy atom. The number of hydrogen-bond donors (Lipinski definition) is 7. The number of nitrogens with one attached hydrogen (secondary N) is 2. The van der Waals surface area contributed by atoms with E-state index in [0.29, 0.717) is 30.5 Å². The zero-order valence-electron chi connectivity index (χ0n) is 33.1. The molecule has 1 aliphatic heterocycles. The highest BCUT2D eigenvalue weighted by Crippen LogP contribution is 2.62. The Labute approximate surface area is 331 Å². The number of piperidine rings is 1. The molecule has 0 aromatic heterocycles. The van der Waals surface area contributed by atoms with Crippen LogP contribution in [0.5, 0.6) is 23.0 Å². The Balaban J connectivity index is 1.46. The average Bonchev–Trinajstić information content (AvgIpc) is 3.20. The maximum atomic E-state index is 15.3. The minimum absolute atomic E-state index is 0.00375. The molecule has 3 aliphatic carbocycles. The van der Waals surface area contributed by atoms with E-state index in [-0.39, 0.29) is 71.5 Å². The van der Waals surface area contributed by atoms with E-state index in [4.69, 9.17) is 4.74 Å². The molecule has 0 radical (unpaired) electrons.